The van der Waals surface area contributed by atoms with E-state index in [1.807, 2.05) is 50.2 Å². The van der Waals surface area contributed by atoms with Crippen LogP contribution in [-0.2, 0) is 15.0 Å². The van der Waals surface area contributed by atoms with Crippen molar-refractivity contribution in [3.63, 3.8) is 0 Å². The van der Waals surface area contributed by atoms with Gasteiger partial charge in [-0.05, 0) is 61.4 Å². The number of aliphatic hydroxyl groups excluding tert-OH is 1. The van der Waals surface area contributed by atoms with Gasteiger partial charge in [0.1, 0.15) is 6.29 Å². The Morgan fingerprint density at radius 3 is 2.30 bits per heavy atom. The number of rotatable bonds is 9. The van der Waals surface area contributed by atoms with Crippen molar-refractivity contribution in [2.75, 3.05) is 17.7 Å². The highest BCUT2D eigenvalue weighted by Crippen LogP contribution is 2.26. The molecule has 1 unspecified atom stereocenters. The Labute approximate surface area is 165 Å². The zero-order chi connectivity index (χ0) is 19.9. The van der Waals surface area contributed by atoms with Gasteiger partial charge in [0.2, 0.25) is 5.91 Å². The Morgan fingerprint density at radius 1 is 1.15 bits per heavy atom. The molecule has 0 aromatic heterocycles. The van der Waals surface area contributed by atoms with Crippen molar-refractivity contribution in [2.24, 2.45) is 0 Å². The Bertz CT molecular complexity index is 754. The number of hydrogen-bond acceptors (Lipinski definition) is 4. The summed E-state index contributed by atoms with van der Waals surface area (Å²) in [7, 11) is 0. The van der Waals surface area contributed by atoms with Crippen LogP contribution in [0.25, 0.3) is 0 Å². The zero-order valence-electron chi connectivity index (χ0n) is 16.1. The summed E-state index contributed by atoms with van der Waals surface area (Å²) in [6.07, 6.45) is 1.28. The minimum atomic E-state index is -0.555. The Hall–Kier alpha value is -2.11. The fourth-order valence-corrected chi connectivity index (χ4v) is 3.48. The molecule has 2 aromatic rings. The van der Waals surface area contributed by atoms with Gasteiger partial charge in [0, 0.05) is 22.6 Å². The van der Waals surface area contributed by atoms with E-state index in [1.165, 1.54) is 0 Å². The number of aldehydes is 1. The molecular formula is C22H27NO3S. The summed E-state index contributed by atoms with van der Waals surface area (Å²) < 4.78 is 0. The molecule has 2 aromatic carbocycles. The molecule has 0 fully saturated rings. The van der Waals surface area contributed by atoms with Crippen molar-refractivity contribution in [1.29, 1.82) is 0 Å². The first-order chi connectivity index (χ1) is 12.9. The normalized spacial score (nSPS) is 12.4. The number of benzene rings is 2. The number of thioether (sulfide) groups is 1. The standard InChI is InChI=1S/C22H27NO3S/c1-4-27-19-11-5-16(6-12-19)20(13-14-24)21(26)23-18-9-7-17(8-10-18)22(2,3)15-25/h5-12,15,20,24H,4,13-14H2,1-3H3,(H,23,26). The summed E-state index contributed by atoms with van der Waals surface area (Å²) in [5, 5.41) is 12.3. The highest BCUT2D eigenvalue weighted by Gasteiger charge is 2.22. The van der Waals surface area contributed by atoms with Crippen molar-refractivity contribution in [2.45, 2.75) is 43.4 Å². The SMILES string of the molecule is CCSc1ccc(C(CCO)C(=O)Nc2ccc(C(C)(C)C=O)cc2)cc1. The third kappa shape index (κ3) is 5.68. The molecule has 1 atom stereocenters. The van der Waals surface area contributed by atoms with Crippen LogP contribution in [0.5, 0.6) is 0 Å². The van der Waals surface area contributed by atoms with Crippen LogP contribution < -0.4 is 5.32 Å². The smallest absolute Gasteiger partial charge is 0.232 e. The number of carbonyl (C=O) groups excluding carboxylic acids is 2. The molecule has 0 heterocycles. The van der Waals surface area contributed by atoms with E-state index in [0.717, 1.165) is 28.1 Å². The molecule has 4 nitrogen and oxygen atoms in total. The van der Waals surface area contributed by atoms with E-state index in [4.69, 9.17) is 0 Å². The van der Waals surface area contributed by atoms with Crippen molar-refractivity contribution in [3.8, 4) is 0 Å². The summed E-state index contributed by atoms with van der Waals surface area (Å²) in [4.78, 5) is 25.1. The van der Waals surface area contributed by atoms with Gasteiger partial charge < -0.3 is 15.2 Å². The van der Waals surface area contributed by atoms with Crippen LogP contribution in [0.3, 0.4) is 0 Å². The third-order valence-corrected chi connectivity index (χ3v) is 5.41. The van der Waals surface area contributed by atoms with Gasteiger partial charge in [0.25, 0.3) is 0 Å². The van der Waals surface area contributed by atoms with Gasteiger partial charge in [0.15, 0.2) is 0 Å². The van der Waals surface area contributed by atoms with E-state index < -0.39 is 11.3 Å². The van der Waals surface area contributed by atoms with Crippen LogP contribution in [0.1, 0.15) is 44.2 Å². The van der Waals surface area contributed by atoms with E-state index in [1.54, 1.807) is 23.9 Å². The summed E-state index contributed by atoms with van der Waals surface area (Å²) in [5.41, 5.74) is 1.90. The van der Waals surface area contributed by atoms with Gasteiger partial charge in [-0.15, -0.1) is 11.8 Å². The number of nitrogens with one attached hydrogen (secondary N) is 1. The van der Waals surface area contributed by atoms with Crippen LogP contribution in [0, 0.1) is 0 Å². The number of hydrogen-bond donors (Lipinski definition) is 2. The van der Waals surface area contributed by atoms with Crippen LogP contribution >= 0.6 is 11.8 Å². The molecular weight excluding hydrogens is 358 g/mol. The first kappa shape index (κ1) is 21.2. The lowest BCUT2D eigenvalue weighted by Crippen LogP contribution is -2.22. The fourth-order valence-electron chi connectivity index (χ4n) is 2.82. The second-order valence-electron chi connectivity index (χ2n) is 6.97. The minimum Gasteiger partial charge on any atom is -0.396 e. The predicted octanol–water partition coefficient (Wildman–Crippen LogP) is 4.38. The first-order valence-corrected chi connectivity index (χ1v) is 10.1. The Morgan fingerprint density at radius 2 is 1.78 bits per heavy atom. The molecule has 0 saturated carbocycles. The summed E-state index contributed by atoms with van der Waals surface area (Å²) in [6.45, 7) is 5.74. The average molecular weight is 386 g/mol. The average Bonchev–Trinajstić information content (AvgIpc) is 2.67. The van der Waals surface area contributed by atoms with Crippen LogP contribution in [0.15, 0.2) is 53.4 Å². The van der Waals surface area contributed by atoms with Gasteiger partial charge in [-0.2, -0.15) is 0 Å². The van der Waals surface area contributed by atoms with E-state index in [9.17, 15) is 14.7 Å². The molecule has 5 heteroatoms. The molecule has 2 rings (SSSR count). The molecule has 0 saturated heterocycles. The molecule has 0 radical (unpaired) electrons. The van der Waals surface area contributed by atoms with Gasteiger partial charge >= 0.3 is 0 Å². The fraction of sp³-hybridized carbons (Fsp3) is 0.364. The first-order valence-electron chi connectivity index (χ1n) is 9.12. The summed E-state index contributed by atoms with van der Waals surface area (Å²) >= 11 is 1.75. The van der Waals surface area contributed by atoms with Gasteiger partial charge in [-0.25, -0.2) is 0 Å². The van der Waals surface area contributed by atoms with Crippen molar-refractivity contribution < 1.29 is 14.7 Å². The van der Waals surface area contributed by atoms with Gasteiger partial charge in [-0.3, -0.25) is 4.79 Å². The lowest BCUT2D eigenvalue weighted by atomic mass is 9.86. The molecule has 2 N–H and O–H groups in total. The number of carbonyl (C=O) groups is 2. The van der Waals surface area contributed by atoms with Crippen LogP contribution in [0.4, 0.5) is 5.69 Å². The maximum atomic E-state index is 12.8. The monoisotopic (exact) mass is 385 g/mol. The lowest BCUT2D eigenvalue weighted by molar-refractivity contribution is -0.118. The van der Waals surface area contributed by atoms with Crippen molar-refractivity contribution >= 4 is 29.6 Å². The Balaban J connectivity index is 2.13. The van der Waals surface area contributed by atoms with Gasteiger partial charge in [-0.1, -0.05) is 31.2 Å². The molecule has 144 valence electrons. The van der Waals surface area contributed by atoms with Crippen molar-refractivity contribution in [3.05, 3.63) is 59.7 Å². The minimum absolute atomic E-state index is 0.0595. The van der Waals surface area contributed by atoms with E-state index >= 15 is 0 Å². The second kappa shape index (κ2) is 9.72. The molecule has 1 amide bonds. The maximum Gasteiger partial charge on any atom is 0.232 e. The Kier molecular flexibility index (Phi) is 7.63. The molecule has 0 aliphatic carbocycles. The van der Waals surface area contributed by atoms with Crippen LogP contribution in [0.2, 0.25) is 0 Å². The van der Waals surface area contributed by atoms with Gasteiger partial charge in [0.05, 0.1) is 5.92 Å². The molecule has 0 bridgehead atoms. The highest BCUT2D eigenvalue weighted by atomic mass is 32.2. The number of amides is 1. The van der Waals surface area contributed by atoms with E-state index in [-0.39, 0.29) is 12.5 Å². The van der Waals surface area contributed by atoms with Crippen LogP contribution in [-0.4, -0.2) is 29.7 Å². The number of aliphatic hydroxyl groups is 1. The lowest BCUT2D eigenvalue weighted by Gasteiger charge is -2.19. The predicted molar refractivity (Wildman–Crippen MR) is 111 cm³/mol. The number of anilines is 1. The van der Waals surface area contributed by atoms with E-state index in [2.05, 4.69) is 12.2 Å². The summed E-state index contributed by atoms with van der Waals surface area (Å²) in [5.74, 6) is 0.431. The zero-order valence-corrected chi connectivity index (χ0v) is 16.9. The molecule has 0 spiro atoms. The molecule has 0 aliphatic heterocycles. The molecule has 27 heavy (non-hydrogen) atoms. The second-order valence-corrected chi connectivity index (χ2v) is 8.31. The third-order valence-electron chi connectivity index (χ3n) is 4.52. The summed E-state index contributed by atoms with van der Waals surface area (Å²) in [6, 6.07) is 15.2. The largest absolute Gasteiger partial charge is 0.396 e. The maximum absolute atomic E-state index is 12.8. The quantitative estimate of drug-likeness (QED) is 0.497. The highest BCUT2D eigenvalue weighted by molar-refractivity contribution is 7.99. The van der Waals surface area contributed by atoms with E-state index in [0.29, 0.717) is 12.1 Å². The molecule has 0 aliphatic rings. The topological polar surface area (TPSA) is 66.4 Å². The van der Waals surface area contributed by atoms with Crippen molar-refractivity contribution in [1.82, 2.24) is 0 Å².